The van der Waals surface area contributed by atoms with Gasteiger partial charge in [0.1, 0.15) is 0 Å². The lowest BCUT2D eigenvalue weighted by atomic mass is 9.91. The van der Waals surface area contributed by atoms with Crippen molar-refractivity contribution in [1.82, 2.24) is 4.90 Å². The molecule has 0 heterocycles. The molecule has 0 atom stereocenters. The van der Waals surface area contributed by atoms with Crippen LogP contribution in [0.1, 0.15) is 57.8 Å². The zero-order valence-corrected chi connectivity index (χ0v) is 10.9. The van der Waals surface area contributed by atoms with Crippen LogP contribution in [0.2, 0.25) is 0 Å². The number of amides is 1. The summed E-state index contributed by atoms with van der Waals surface area (Å²) in [6.07, 6.45) is 9.33. The van der Waals surface area contributed by atoms with Gasteiger partial charge in [0.25, 0.3) is 0 Å². The van der Waals surface area contributed by atoms with E-state index >= 15 is 0 Å². The predicted octanol–water partition coefficient (Wildman–Crippen LogP) is 2.33. The fraction of sp³-hybridized carbons (Fsp3) is 0.929. The molecule has 3 heteroatoms. The van der Waals surface area contributed by atoms with Crippen molar-refractivity contribution < 1.29 is 9.90 Å². The molecule has 1 amide bonds. The second kappa shape index (κ2) is 5.85. The van der Waals surface area contributed by atoms with Gasteiger partial charge in [0.05, 0.1) is 6.10 Å². The second-order valence-corrected chi connectivity index (χ2v) is 5.82. The fourth-order valence-corrected chi connectivity index (χ4v) is 3.25. The van der Waals surface area contributed by atoms with Crippen molar-refractivity contribution in [1.29, 1.82) is 0 Å². The van der Waals surface area contributed by atoms with Crippen LogP contribution >= 0.6 is 0 Å². The van der Waals surface area contributed by atoms with E-state index in [4.69, 9.17) is 0 Å². The molecular weight excluding hydrogens is 214 g/mol. The van der Waals surface area contributed by atoms with Crippen LogP contribution in [0.4, 0.5) is 0 Å². The lowest BCUT2D eigenvalue weighted by Crippen LogP contribution is -2.40. The first-order chi connectivity index (χ1) is 8.16. The maximum Gasteiger partial charge on any atom is 0.222 e. The maximum absolute atomic E-state index is 12.1. The summed E-state index contributed by atoms with van der Waals surface area (Å²) in [7, 11) is 1.94. The molecule has 2 saturated carbocycles. The number of aliphatic hydroxyl groups is 1. The Bertz CT molecular complexity index is 253. The Morgan fingerprint density at radius 3 is 2.29 bits per heavy atom. The van der Waals surface area contributed by atoms with Gasteiger partial charge in [0.15, 0.2) is 0 Å². The van der Waals surface area contributed by atoms with E-state index in [1.165, 1.54) is 25.7 Å². The molecule has 0 aromatic heterocycles. The molecule has 0 radical (unpaired) electrons. The Morgan fingerprint density at radius 2 is 1.71 bits per heavy atom. The molecule has 0 bridgehead atoms. The smallest absolute Gasteiger partial charge is 0.222 e. The monoisotopic (exact) mass is 239 g/mol. The highest BCUT2D eigenvalue weighted by Gasteiger charge is 2.27. The molecule has 0 spiro atoms. The van der Waals surface area contributed by atoms with Gasteiger partial charge in [-0.15, -0.1) is 0 Å². The first-order valence-corrected chi connectivity index (χ1v) is 7.10. The van der Waals surface area contributed by atoms with Gasteiger partial charge in [-0.3, -0.25) is 4.79 Å². The van der Waals surface area contributed by atoms with Gasteiger partial charge in [0.2, 0.25) is 5.91 Å². The van der Waals surface area contributed by atoms with E-state index in [2.05, 4.69) is 0 Å². The van der Waals surface area contributed by atoms with Crippen LogP contribution < -0.4 is 0 Å². The normalized spacial score (nSPS) is 30.5. The highest BCUT2D eigenvalue weighted by Crippen LogP contribution is 2.29. The van der Waals surface area contributed by atoms with E-state index in [0.717, 1.165) is 32.1 Å². The maximum atomic E-state index is 12.1. The van der Waals surface area contributed by atoms with Gasteiger partial charge in [-0.25, -0.2) is 0 Å². The van der Waals surface area contributed by atoms with Gasteiger partial charge in [-0.05, 0) is 44.4 Å². The molecule has 0 aliphatic heterocycles. The minimum atomic E-state index is -0.135. The average Bonchev–Trinajstić information content (AvgIpc) is 2.82. The Labute approximate surface area is 104 Å². The van der Waals surface area contributed by atoms with Crippen LogP contribution in [0.5, 0.6) is 0 Å². The van der Waals surface area contributed by atoms with E-state index in [-0.39, 0.29) is 6.10 Å². The number of hydrogen-bond acceptors (Lipinski definition) is 2. The van der Waals surface area contributed by atoms with E-state index in [9.17, 15) is 9.90 Å². The largest absolute Gasteiger partial charge is 0.393 e. The van der Waals surface area contributed by atoms with E-state index < -0.39 is 0 Å². The number of nitrogens with zero attached hydrogens (tertiary/aromatic N) is 1. The molecule has 0 saturated heterocycles. The SMILES string of the molecule is CN(C(=O)CC1CCCC1)C1CCC(O)CC1. The van der Waals surface area contributed by atoms with Gasteiger partial charge >= 0.3 is 0 Å². The van der Waals surface area contributed by atoms with Crippen LogP contribution in [0, 0.1) is 5.92 Å². The van der Waals surface area contributed by atoms with Crippen molar-refractivity contribution in [3.8, 4) is 0 Å². The third kappa shape index (κ3) is 3.44. The number of carbonyl (C=O) groups excluding carboxylic acids is 1. The van der Waals surface area contributed by atoms with Gasteiger partial charge in [-0.1, -0.05) is 12.8 Å². The predicted molar refractivity (Wildman–Crippen MR) is 67.6 cm³/mol. The molecule has 98 valence electrons. The van der Waals surface area contributed by atoms with E-state index in [1.807, 2.05) is 11.9 Å². The molecular formula is C14H25NO2. The topological polar surface area (TPSA) is 40.5 Å². The standard InChI is InChI=1S/C14H25NO2/c1-15(12-6-8-13(16)9-7-12)14(17)10-11-4-2-3-5-11/h11-13,16H,2-10H2,1H3. The number of carbonyl (C=O) groups is 1. The third-order valence-electron chi connectivity index (χ3n) is 4.55. The fourth-order valence-electron chi connectivity index (χ4n) is 3.25. The highest BCUT2D eigenvalue weighted by atomic mass is 16.3. The molecule has 2 rings (SSSR count). The minimum Gasteiger partial charge on any atom is -0.393 e. The Hall–Kier alpha value is -0.570. The van der Waals surface area contributed by atoms with E-state index in [0.29, 0.717) is 17.9 Å². The van der Waals surface area contributed by atoms with E-state index in [1.54, 1.807) is 0 Å². The summed E-state index contributed by atoms with van der Waals surface area (Å²) in [4.78, 5) is 14.1. The summed E-state index contributed by atoms with van der Waals surface area (Å²) in [5, 5.41) is 9.47. The number of hydrogen-bond donors (Lipinski definition) is 1. The zero-order valence-electron chi connectivity index (χ0n) is 10.9. The van der Waals surface area contributed by atoms with Crippen molar-refractivity contribution in [2.24, 2.45) is 5.92 Å². The summed E-state index contributed by atoms with van der Waals surface area (Å²) in [5.74, 6) is 0.956. The lowest BCUT2D eigenvalue weighted by molar-refractivity contribution is -0.134. The molecule has 2 aliphatic rings. The summed E-state index contributed by atoms with van der Waals surface area (Å²) in [6, 6.07) is 0.368. The van der Waals surface area contributed by atoms with Gasteiger partial charge in [-0.2, -0.15) is 0 Å². The van der Waals surface area contributed by atoms with Crippen molar-refractivity contribution in [3.63, 3.8) is 0 Å². The Balaban J connectivity index is 1.77. The minimum absolute atomic E-state index is 0.135. The molecule has 0 unspecified atom stereocenters. The molecule has 1 N–H and O–H groups in total. The number of rotatable bonds is 3. The van der Waals surface area contributed by atoms with Crippen LogP contribution in [-0.4, -0.2) is 35.1 Å². The summed E-state index contributed by atoms with van der Waals surface area (Å²) >= 11 is 0. The van der Waals surface area contributed by atoms with Crippen molar-refractivity contribution >= 4 is 5.91 Å². The average molecular weight is 239 g/mol. The first kappa shape index (κ1) is 12.9. The third-order valence-corrected chi connectivity index (χ3v) is 4.55. The molecule has 2 fully saturated rings. The molecule has 2 aliphatic carbocycles. The molecule has 3 nitrogen and oxygen atoms in total. The molecule has 0 aromatic rings. The molecule has 17 heavy (non-hydrogen) atoms. The molecule has 0 aromatic carbocycles. The van der Waals surface area contributed by atoms with Crippen LogP contribution in [-0.2, 0) is 4.79 Å². The quantitative estimate of drug-likeness (QED) is 0.821. The summed E-state index contributed by atoms with van der Waals surface area (Å²) in [6.45, 7) is 0. The highest BCUT2D eigenvalue weighted by molar-refractivity contribution is 5.76. The lowest BCUT2D eigenvalue weighted by Gasteiger charge is -2.33. The van der Waals surface area contributed by atoms with Crippen molar-refractivity contribution in [2.45, 2.75) is 69.9 Å². The second-order valence-electron chi connectivity index (χ2n) is 5.82. The van der Waals surface area contributed by atoms with Crippen molar-refractivity contribution in [3.05, 3.63) is 0 Å². The first-order valence-electron chi connectivity index (χ1n) is 7.10. The van der Waals surface area contributed by atoms with Crippen molar-refractivity contribution in [2.75, 3.05) is 7.05 Å². The summed E-state index contributed by atoms with van der Waals surface area (Å²) < 4.78 is 0. The number of aliphatic hydroxyl groups excluding tert-OH is 1. The Morgan fingerprint density at radius 1 is 1.12 bits per heavy atom. The summed E-state index contributed by atoms with van der Waals surface area (Å²) in [5.41, 5.74) is 0. The van der Waals surface area contributed by atoms with Crippen LogP contribution in [0.25, 0.3) is 0 Å². The van der Waals surface area contributed by atoms with Crippen LogP contribution in [0.15, 0.2) is 0 Å². The van der Waals surface area contributed by atoms with Gasteiger partial charge < -0.3 is 10.0 Å². The van der Waals surface area contributed by atoms with Gasteiger partial charge in [0, 0.05) is 19.5 Å². The Kier molecular flexibility index (Phi) is 4.43. The zero-order chi connectivity index (χ0) is 12.3. The van der Waals surface area contributed by atoms with Crippen LogP contribution in [0.3, 0.4) is 0 Å².